The second kappa shape index (κ2) is 7.77. The monoisotopic (exact) mass is 386 g/mol. The van der Waals surface area contributed by atoms with Crippen LogP contribution in [-0.2, 0) is 4.79 Å². The summed E-state index contributed by atoms with van der Waals surface area (Å²) in [7, 11) is 0. The molecule has 0 atom stereocenters. The Kier molecular flexibility index (Phi) is 5.45. The van der Waals surface area contributed by atoms with E-state index in [4.69, 9.17) is 27.9 Å². The van der Waals surface area contributed by atoms with Crippen LogP contribution in [0.5, 0.6) is 5.75 Å². The van der Waals surface area contributed by atoms with E-state index in [1.54, 1.807) is 37.3 Å². The average Bonchev–Trinajstić information content (AvgIpc) is 2.91. The maximum Gasteiger partial charge on any atom is 0.280 e. The van der Waals surface area contributed by atoms with Crippen molar-refractivity contribution >= 4 is 46.6 Å². The second-order valence-corrected chi connectivity index (χ2v) is 6.41. The van der Waals surface area contributed by atoms with Crippen LogP contribution in [0.2, 0.25) is 10.0 Å². The molecule has 1 heterocycles. The first kappa shape index (κ1) is 18.2. The summed E-state index contributed by atoms with van der Waals surface area (Å²) in [5.74, 6) is 0.438. The van der Waals surface area contributed by atoms with Crippen LogP contribution >= 0.6 is 23.2 Å². The average molecular weight is 387 g/mol. The Bertz CT molecular complexity index is 935. The van der Waals surface area contributed by atoms with Gasteiger partial charge in [-0.15, -0.1) is 0 Å². The summed E-state index contributed by atoms with van der Waals surface area (Å²) in [6.45, 7) is 5.82. The predicted octanol–water partition coefficient (Wildman–Crippen LogP) is 5.36. The summed E-state index contributed by atoms with van der Waals surface area (Å²) in [4.78, 5) is 12.9. The van der Waals surface area contributed by atoms with Crippen molar-refractivity contribution in [2.75, 3.05) is 11.6 Å². The molecule has 0 aliphatic carbocycles. The molecule has 3 rings (SSSR count). The Morgan fingerprint density at radius 2 is 1.96 bits per heavy atom. The molecule has 0 N–H and O–H groups in total. The van der Waals surface area contributed by atoms with E-state index in [9.17, 15) is 4.79 Å². The maximum absolute atomic E-state index is 12.9. The number of hydrogen-bond acceptors (Lipinski definition) is 3. The molecule has 1 amide bonds. The summed E-state index contributed by atoms with van der Waals surface area (Å²) >= 11 is 12.0. The number of anilines is 1. The Morgan fingerprint density at radius 3 is 2.69 bits per heavy atom. The summed E-state index contributed by atoms with van der Waals surface area (Å²) in [6.07, 6.45) is 3.44. The highest BCUT2D eigenvalue weighted by molar-refractivity contribution is 6.42. The largest absolute Gasteiger partial charge is 0.489 e. The van der Waals surface area contributed by atoms with Crippen LogP contribution in [0.4, 0.5) is 5.69 Å². The molecular weight excluding hydrogens is 371 g/mol. The number of carbonyl (C=O) groups is 1. The number of benzene rings is 2. The van der Waals surface area contributed by atoms with Crippen molar-refractivity contribution in [1.82, 2.24) is 0 Å². The minimum atomic E-state index is -0.237. The van der Waals surface area contributed by atoms with Crippen LogP contribution < -0.4 is 9.75 Å². The molecule has 1 aliphatic heterocycles. The number of carbonyl (C=O) groups excluding carboxylic acids is 1. The number of hydrazone groups is 1. The lowest BCUT2D eigenvalue weighted by molar-refractivity contribution is -0.114. The van der Waals surface area contributed by atoms with E-state index in [0.717, 1.165) is 5.56 Å². The molecular formula is C20H16Cl2N2O2. The van der Waals surface area contributed by atoms with Crippen molar-refractivity contribution in [3.05, 3.63) is 76.3 Å². The zero-order valence-corrected chi connectivity index (χ0v) is 15.6. The molecule has 0 bridgehead atoms. The fraction of sp³-hybridized carbons (Fsp3) is 0.100. The van der Waals surface area contributed by atoms with E-state index < -0.39 is 0 Å². The number of amides is 1. The lowest BCUT2D eigenvalue weighted by Gasteiger charge is -2.12. The van der Waals surface area contributed by atoms with Gasteiger partial charge in [0, 0.05) is 5.56 Å². The van der Waals surface area contributed by atoms with Gasteiger partial charge in [-0.1, -0.05) is 54.1 Å². The van der Waals surface area contributed by atoms with E-state index >= 15 is 0 Å². The fourth-order valence-electron chi connectivity index (χ4n) is 2.51. The number of para-hydroxylation sites is 1. The molecule has 6 heteroatoms. The van der Waals surface area contributed by atoms with Crippen molar-refractivity contribution in [2.24, 2.45) is 5.10 Å². The van der Waals surface area contributed by atoms with Crippen molar-refractivity contribution < 1.29 is 9.53 Å². The van der Waals surface area contributed by atoms with Crippen molar-refractivity contribution in [3.8, 4) is 5.75 Å². The third kappa shape index (κ3) is 3.66. The molecule has 4 nitrogen and oxygen atoms in total. The molecule has 0 saturated heterocycles. The summed E-state index contributed by atoms with van der Waals surface area (Å²) in [5, 5.41) is 6.46. The van der Waals surface area contributed by atoms with Gasteiger partial charge in [-0.05, 0) is 37.3 Å². The molecule has 2 aromatic carbocycles. The van der Waals surface area contributed by atoms with E-state index in [-0.39, 0.29) is 5.91 Å². The Balaban J connectivity index is 1.94. The Hall–Kier alpha value is -2.56. The van der Waals surface area contributed by atoms with Gasteiger partial charge in [0.05, 0.1) is 27.0 Å². The van der Waals surface area contributed by atoms with Gasteiger partial charge in [-0.2, -0.15) is 10.1 Å². The summed E-state index contributed by atoms with van der Waals surface area (Å²) in [6, 6.07) is 12.4. The first-order valence-corrected chi connectivity index (χ1v) is 8.66. The lowest BCUT2D eigenvalue weighted by Crippen LogP contribution is -2.21. The van der Waals surface area contributed by atoms with Gasteiger partial charge in [0.1, 0.15) is 12.4 Å². The number of nitrogens with zero attached hydrogens (tertiary/aromatic N) is 2. The van der Waals surface area contributed by atoms with Gasteiger partial charge < -0.3 is 4.74 Å². The van der Waals surface area contributed by atoms with E-state index in [0.29, 0.717) is 39.4 Å². The molecule has 0 saturated carbocycles. The minimum Gasteiger partial charge on any atom is -0.489 e. The summed E-state index contributed by atoms with van der Waals surface area (Å²) in [5.41, 5.74) is 2.46. The van der Waals surface area contributed by atoms with Crippen LogP contribution in [0, 0.1) is 0 Å². The van der Waals surface area contributed by atoms with Gasteiger partial charge in [-0.3, -0.25) is 4.79 Å². The van der Waals surface area contributed by atoms with Gasteiger partial charge in [0.2, 0.25) is 0 Å². The van der Waals surface area contributed by atoms with Crippen LogP contribution in [-0.4, -0.2) is 18.2 Å². The van der Waals surface area contributed by atoms with E-state index in [1.165, 1.54) is 5.01 Å². The molecule has 0 aromatic heterocycles. The maximum atomic E-state index is 12.9. The Morgan fingerprint density at radius 1 is 1.19 bits per heavy atom. The van der Waals surface area contributed by atoms with Crippen molar-refractivity contribution in [2.45, 2.75) is 6.92 Å². The smallest absolute Gasteiger partial charge is 0.280 e. The predicted molar refractivity (Wildman–Crippen MR) is 107 cm³/mol. The van der Waals surface area contributed by atoms with Gasteiger partial charge in [0.25, 0.3) is 5.91 Å². The van der Waals surface area contributed by atoms with Gasteiger partial charge >= 0.3 is 0 Å². The van der Waals surface area contributed by atoms with Crippen molar-refractivity contribution in [3.63, 3.8) is 0 Å². The van der Waals surface area contributed by atoms with Crippen LogP contribution in [0.1, 0.15) is 12.5 Å². The first-order valence-electron chi connectivity index (χ1n) is 7.90. The molecule has 132 valence electrons. The minimum absolute atomic E-state index is 0.237. The van der Waals surface area contributed by atoms with Gasteiger partial charge in [0.15, 0.2) is 0 Å². The standard InChI is InChI=1S/C20H16Cl2N2O2/c1-3-10-26-19-7-5-4-6-14(19)11-16-13(2)23-24(20(16)25)15-8-9-17(21)18(22)12-15/h3-9,11-12H,1,10H2,2H3. The highest BCUT2D eigenvalue weighted by Crippen LogP contribution is 2.31. The third-order valence-electron chi connectivity index (χ3n) is 3.79. The Labute approximate surface area is 162 Å². The zero-order chi connectivity index (χ0) is 18.7. The van der Waals surface area contributed by atoms with Crippen LogP contribution in [0.15, 0.2) is 65.8 Å². The molecule has 2 aromatic rings. The normalized spacial score (nSPS) is 15.3. The lowest BCUT2D eigenvalue weighted by atomic mass is 10.1. The number of halogens is 2. The van der Waals surface area contributed by atoms with Crippen LogP contribution in [0.3, 0.4) is 0 Å². The van der Waals surface area contributed by atoms with E-state index in [1.807, 2.05) is 24.3 Å². The van der Waals surface area contributed by atoms with Gasteiger partial charge in [-0.25, -0.2) is 0 Å². The SMILES string of the molecule is C=CCOc1ccccc1C=C1C(=O)N(c2ccc(Cl)c(Cl)c2)N=C1C. The molecule has 0 spiro atoms. The van der Waals surface area contributed by atoms with E-state index in [2.05, 4.69) is 11.7 Å². The molecule has 26 heavy (non-hydrogen) atoms. The number of ether oxygens (including phenoxy) is 1. The fourth-order valence-corrected chi connectivity index (χ4v) is 2.80. The molecule has 0 fully saturated rings. The zero-order valence-electron chi connectivity index (χ0n) is 14.1. The van der Waals surface area contributed by atoms with Crippen LogP contribution in [0.25, 0.3) is 6.08 Å². The third-order valence-corrected chi connectivity index (χ3v) is 4.52. The second-order valence-electron chi connectivity index (χ2n) is 5.60. The molecule has 0 radical (unpaired) electrons. The molecule has 1 aliphatic rings. The number of hydrogen-bond donors (Lipinski definition) is 0. The highest BCUT2D eigenvalue weighted by atomic mass is 35.5. The number of rotatable bonds is 5. The topological polar surface area (TPSA) is 41.9 Å². The molecule has 0 unspecified atom stereocenters. The summed E-state index contributed by atoms with van der Waals surface area (Å²) < 4.78 is 5.65. The quantitative estimate of drug-likeness (QED) is 0.512. The first-order chi connectivity index (χ1) is 12.5. The highest BCUT2D eigenvalue weighted by Gasteiger charge is 2.29. The van der Waals surface area contributed by atoms with Crippen molar-refractivity contribution in [1.29, 1.82) is 0 Å².